The zero-order chi connectivity index (χ0) is 12.4. The van der Waals surface area contributed by atoms with Crippen LogP contribution in [0.15, 0.2) is 47.9 Å². The summed E-state index contributed by atoms with van der Waals surface area (Å²) in [5.41, 5.74) is 4.46. The van der Waals surface area contributed by atoms with Crippen LogP contribution in [0.25, 0.3) is 22.2 Å². The number of fused-ring (bicyclic) bond motifs is 1. The molecule has 0 amide bonds. The van der Waals surface area contributed by atoms with E-state index in [1.807, 2.05) is 24.5 Å². The molecule has 3 nitrogen and oxygen atoms in total. The van der Waals surface area contributed by atoms with E-state index >= 15 is 0 Å². The second kappa shape index (κ2) is 4.82. The van der Waals surface area contributed by atoms with Crippen LogP contribution in [0.5, 0.6) is 0 Å². The van der Waals surface area contributed by atoms with Crippen LogP contribution in [0, 0.1) is 0 Å². The van der Waals surface area contributed by atoms with Crippen LogP contribution in [0.3, 0.4) is 0 Å². The number of aromatic amines is 1. The monoisotopic (exact) mass is 255 g/mol. The highest BCUT2D eigenvalue weighted by Gasteiger charge is 2.04. The quantitative estimate of drug-likeness (QED) is 0.725. The van der Waals surface area contributed by atoms with E-state index in [0.717, 1.165) is 21.9 Å². The molecule has 0 bridgehead atoms. The van der Waals surface area contributed by atoms with Crippen molar-refractivity contribution in [3.63, 3.8) is 0 Å². The lowest BCUT2D eigenvalue weighted by Gasteiger charge is -2.00. The standard InChI is InChI=1S/C14H13N3S/c1-2-18-14-16-12-4-3-11(9-13(12)17-14)10-5-7-15-8-6-10/h3-9H,2H2,1H3,(H,16,17). The van der Waals surface area contributed by atoms with E-state index in [1.54, 1.807) is 11.8 Å². The number of hydrogen-bond acceptors (Lipinski definition) is 3. The Morgan fingerprint density at radius 1 is 1.11 bits per heavy atom. The summed E-state index contributed by atoms with van der Waals surface area (Å²) in [6.45, 7) is 2.13. The van der Waals surface area contributed by atoms with Crippen molar-refractivity contribution < 1.29 is 0 Å². The molecule has 0 radical (unpaired) electrons. The first kappa shape index (κ1) is 11.3. The minimum atomic E-state index is 0.986. The predicted octanol–water partition coefficient (Wildman–Crippen LogP) is 3.74. The molecular formula is C14H13N3S. The van der Waals surface area contributed by atoms with Crippen molar-refractivity contribution in [2.24, 2.45) is 0 Å². The summed E-state index contributed by atoms with van der Waals surface area (Å²) in [5, 5.41) is 0.986. The smallest absolute Gasteiger partial charge is 0.166 e. The third-order valence-corrected chi connectivity index (χ3v) is 3.51. The Morgan fingerprint density at radius 3 is 2.72 bits per heavy atom. The molecule has 1 N–H and O–H groups in total. The topological polar surface area (TPSA) is 41.6 Å². The van der Waals surface area contributed by atoms with Gasteiger partial charge in [0.05, 0.1) is 11.0 Å². The Hall–Kier alpha value is -1.81. The van der Waals surface area contributed by atoms with Crippen LogP contribution >= 0.6 is 11.8 Å². The maximum atomic E-state index is 4.53. The maximum absolute atomic E-state index is 4.53. The fraction of sp³-hybridized carbons (Fsp3) is 0.143. The largest absolute Gasteiger partial charge is 0.333 e. The lowest BCUT2D eigenvalue weighted by molar-refractivity contribution is 1.08. The lowest BCUT2D eigenvalue weighted by atomic mass is 10.1. The van der Waals surface area contributed by atoms with Crippen molar-refractivity contribution in [3.8, 4) is 11.1 Å². The van der Waals surface area contributed by atoms with Crippen LogP contribution in [-0.2, 0) is 0 Å². The Bertz CT molecular complexity index is 661. The van der Waals surface area contributed by atoms with Gasteiger partial charge in [-0.2, -0.15) is 0 Å². The summed E-state index contributed by atoms with van der Waals surface area (Å²) in [5.74, 6) is 1.02. The summed E-state index contributed by atoms with van der Waals surface area (Å²) >= 11 is 1.73. The first-order valence-corrected chi connectivity index (χ1v) is 6.88. The van der Waals surface area contributed by atoms with E-state index in [9.17, 15) is 0 Å². The average Bonchev–Trinajstić information content (AvgIpc) is 2.81. The number of aromatic nitrogens is 3. The predicted molar refractivity (Wildman–Crippen MR) is 75.7 cm³/mol. The number of benzene rings is 1. The van der Waals surface area contributed by atoms with E-state index in [4.69, 9.17) is 0 Å². The zero-order valence-electron chi connectivity index (χ0n) is 10.1. The number of imidazole rings is 1. The molecule has 4 heteroatoms. The molecule has 3 rings (SSSR count). The van der Waals surface area contributed by atoms with Gasteiger partial charge in [0.1, 0.15) is 0 Å². The molecule has 0 saturated carbocycles. The molecule has 90 valence electrons. The van der Waals surface area contributed by atoms with E-state index in [2.05, 4.69) is 40.1 Å². The van der Waals surface area contributed by atoms with Gasteiger partial charge in [-0.05, 0) is 41.1 Å². The number of nitrogens with zero attached hydrogens (tertiary/aromatic N) is 2. The summed E-state index contributed by atoms with van der Waals surface area (Å²) < 4.78 is 0. The minimum Gasteiger partial charge on any atom is -0.333 e. The van der Waals surface area contributed by atoms with Gasteiger partial charge in [0, 0.05) is 12.4 Å². The maximum Gasteiger partial charge on any atom is 0.166 e. The molecule has 2 heterocycles. The molecule has 0 aliphatic heterocycles. The SMILES string of the molecule is CCSc1nc2ccc(-c3ccncc3)cc2[nH]1. The second-order valence-electron chi connectivity index (χ2n) is 3.94. The summed E-state index contributed by atoms with van der Waals surface area (Å²) in [4.78, 5) is 11.9. The van der Waals surface area contributed by atoms with Gasteiger partial charge < -0.3 is 4.98 Å². The van der Waals surface area contributed by atoms with Gasteiger partial charge in [-0.1, -0.05) is 24.8 Å². The molecule has 0 atom stereocenters. The molecule has 0 aliphatic carbocycles. The summed E-state index contributed by atoms with van der Waals surface area (Å²) in [7, 11) is 0. The van der Waals surface area contributed by atoms with Crippen molar-refractivity contribution in [1.82, 2.24) is 15.0 Å². The number of nitrogens with one attached hydrogen (secondary N) is 1. The highest BCUT2D eigenvalue weighted by Crippen LogP contribution is 2.25. The zero-order valence-corrected chi connectivity index (χ0v) is 10.9. The lowest BCUT2D eigenvalue weighted by Crippen LogP contribution is -1.78. The van der Waals surface area contributed by atoms with Crippen LogP contribution in [0.1, 0.15) is 6.92 Å². The molecule has 2 aromatic heterocycles. The number of thioether (sulfide) groups is 1. The Balaban J connectivity index is 2.05. The van der Waals surface area contributed by atoms with E-state index < -0.39 is 0 Å². The fourth-order valence-electron chi connectivity index (χ4n) is 1.92. The fourth-order valence-corrected chi connectivity index (χ4v) is 2.53. The minimum absolute atomic E-state index is 0.986. The third kappa shape index (κ3) is 2.11. The third-order valence-electron chi connectivity index (χ3n) is 2.75. The molecule has 0 aliphatic rings. The summed E-state index contributed by atoms with van der Waals surface area (Å²) in [6, 6.07) is 10.3. The van der Waals surface area contributed by atoms with Crippen molar-refractivity contribution in [1.29, 1.82) is 0 Å². The van der Waals surface area contributed by atoms with Crippen molar-refractivity contribution in [3.05, 3.63) is 42.7 Å². The number of pyridine rings is 1. The van der Waals surface area contributed by atoms with Crippen LogP contribution in [-0.4, -0.2) is 20.7 Å². The van der Waals surface area contributed by atoms with Gasteiger partial charge in [-0.15, -0.1) is 0 Å². The highest BCUT2D eigenvalue weighted by molar-refractivity contribution is 7.99. The van der Waals surface area contributed by atoms with E-state index in [1.165, 1.54) is 11.1 Å². The highest BCUT2D eigenvalue weighted by atomic mass is 32.2. The number of rotatable bonds is 3. The molecule has 1 aromatic carbocycles. The first-order valence-electron chi connectivity index (χ1n) is 5.90. The molecule has 0 saturated heterocycles. The summed E-state index contributed by atoms with van der Waals surface area (Å²) in [6.07, 6.45) is 3.62. The van der Waals surface area contributed by atoms with Crippen LogP contribution in [0.4, 0.5) is 0 Å². The van der Waals surface area contributed by atoms with Gasteiger partial charge in [0.2, 0.25) is 0 Å². The Kier molecular flexibility index (Phi) is 3.02. The van der Waals surface area contributed by atoms with Gasteiger partial charge in [-0.25, -0.2) is 4.98 Å². The average molecular weight is 255 g/mol. The van der Waals surface area contributed by atoms with Gasteiger partial charge >= 0.3 is 0 Å². The van der Waals surface area contributed by atoms with Crippen LogP contribution in [0.2, 0.25) is 0 Å². The number of H-pyrrole nitrogens is 1. The number of hydrogen-bond donors (Lipinski definition) is 1. The van der Waals surface area contributed by atoms with Crippen molar-refractivity contribution in [2.75, 3.05) is 5.75 Å². The Morgan fingerprint density at radius 2 is 1.94 bits per heavy atom. The normalized spacial score (nSPS) is 10.9. The van der Waals surface area contributed by atoms with Gasteiger partial charge in [0.25, 0.3) is 0 Å². The first-order chi connectivity index (χ1) is 8.86. The molecule has 3 aromatic rings. The molecular weight excluding hydrogens is 242 g/mol. The van der Waals surface area contributed by atoms with Crippen molar-refractivity contribution >= 4 is 22.8 Å². The van der Waals surface area contributed by atoms with Gasteiger partial charge in [0.15, 0.2) is 5.16 Å². The Labute approximate surface area is 110 Å². The van der Waals surface area contributed by atoms with E-state index in [0.29, 0.717) is 0 Å². The second-order valence-corrected chi connectivity index (χ2v) is 5.20. The molecule has 18 heavy (non-hydrogen) atoms. The van der Waals surface area contributed by atoms with Crippen molar-refractivity contribution in [2.45, 2.75) is 12.1 Å². The molecule has 0 fully saturated rings. The van der Waals surface area contributed by atoms with Gasteiger partial charge in [-0.3, -0.25) is 4.98 Å². The molecule has 0 spiro atoms. The van der Waals surface area contributed by atoms with Crippen LogP contribution < -0.4 is 0 Å². The van der Waals surface area contributed by atoms with E-state index in [-0.39, 0.29) is 0 Å². The molecule has 0 unspecified atom stereocenters.